The molecule has 2 heterocycles. The lowest BCUT2D eigenvalue weighted by Crippen LogP contribution is -2.32. The monoisotopic (exact) mass is 284 g/mol. The molecule has 0 spiro atoms. The van der Waals surface area contributed by atoms with Crippen molar-refractivity contribution < 1.29 is 14.7 Å². The second-order valence-corrected chi connectivity index (χ2v) is 5.28. The molecule has 1 aliphatic heterocycles. The molecular weight excluding hydrogens is 268 g/mol. The topological polar surface area (TPSA) is 62.5 Å². The Bertz CT molecular complexity index is 733. The number of hydrogen-bond donors (Lipinski definition) is 1. The number of para-hydroxylation sites is 1. The van der Waals surface area contributed by atoms with E-state index in [1.807, 2.05) is 30.7 Å². The van der Waals surface area contributed by atoms with Gasteiger partial charge in [-0.2, -0.15) is 0 Å². The van der Waals surface area contributed by atoms with Gasteiger partial charge >= 0.3 is 5.97 Å². The maximum Gasteiger partial charge on any atom is 0.312 e. The molecule has 1 amide bonds. The summed E-state index contributed by atoms with van der Waals surface area (Å²) in [6.07, 6.45) is 0. The minimum Gasteiger partial charge on any atom is -0.481 e. The molecule has 21 heavy (non-hydrogen) atoms. The van der Waals surface area contributed by atoms with Gasteiger partial charge in [0.1, 0.15) is 11.6 Å². The van der Waals surface area contributed by atoms with Crippen LogP contribution in [0.5, 0.6) is 0 Å². The van der Waals surface area contributed by atoms with Crippen LogP contribution in [0.15, 0.2) is 36.4 Å². The zero-order valence-electron chi connectivity index (χ0n) is 11.9. The average molecular weight is 284 g/mol. The number of carbonyl (C=O) groups is 2. The highest BCUT2D eigenvalue weighted by Gasteiger charge is 2.37. The molecule has 0 radical (unpaired) electrons. The van der Waals surface area contributed by atoms with Gasteiger partial charge in [-0.15, -0.1) is 0 Å². The SMILES string of the molecule is Cc1ccc(C(=O)N2C[C@H](C(=O)O)c3ccccc32)n1C. The van der Waals surface area contributed by atoms with Gasteiger partial charge in [0.25, 0.3) is 5.91 Å². The fourth-order valence-electron chi connectivity index (χ4n) is 2.78. The number of carbonyl (C=O) groups excluding carboxylic acids is 1. The molecular formula is C16H16N2O3. The summed E-state index contributed by atoms with van der Waals surface area (Å²) in [5, 5.41) is 9.35. The second-order valence-electron chi connectivity index (χ2n) is 5.28. The first-order valence-electron chi connectivity index (χ1n) is 6.76. The second kappa shape index (κ2) is 4.77. The molecule has 3 rings (SSSR count). The maximum atomic E-state index is 12.7. The van der Waals surface area contributed by atoms with E-state index in [4.69, 9.17) is 0 Å². The van der Waals surface area contributed by atoms with Crippen LogP contribution in [0.3, 0.4) is 0 Å². The standard InChI is InChI=1S/C16H16N2O3/c1-10-7-8-14(17(10)2)15(19)18-9-12(16(20)21)11-5-3-4-6-13(11)18/h3-8,12H,9H2,1-2H3,(H,20,21)/t12-/m0/s1. The number of anilines is 1. The lowest BCUT2D eigenvalue weighted by molar-refractivity contribution is -0.138. The van der Waals surface area contributed by atoms with Crippen LogP contribution in [0, 0.1) is 6.92 Å². The van der Waals surface area contributed by atoms with Crippen LogP contribution < -0.4 is 4.90 Å². The summed E-state index contributed by atoms with van der Waals surface area (Å²) in [6.45, 7) is 2.10. The summed E-state index contributed by atoms with van der Waals surface area (Å²) in [5.74, 6) is -1.73. The lowest BCUT2D eigenvalue weighted by atomic mass is 10.0. The van der Waals surface area contributed by atoms with Crippen LogP contribution in [0.2, 0.25) is 0 Å². The van der Waals surface area contributed by atoms with Crippen LogP contribution in [0.4, 0.5) is 5.69 Å². The maximum absolute atomic E-state index is 12.7. The first-order chi connectivity index (χ1) is 10.0. The summed E-state index contributed by atoms with van der Waals surface area (Å²) < 4.78 is 1.82. The van der Waals surface area contributed by atoms with Gasteiger partial charge in [0.2, 0.25) is 0 Å². The number of amides is 1. The summed E-state index contributed by atoms with van der Waals surface area (Å²) in [7, 11) is 1.83. The zero-order chi connectivity index (χ0) is 15.1. The molecule has 0 bridgehead atoms. The highest BCUT2D eigenvalue weighted by Crippen LogP contribution is 2.37. The van der Waals surface area contributed by atoms with Gasteiger partial charge in [0.05, 0.1) is 0 Å². The van der Waals surface area contributed by atoms with E-state index in [1.54, 1.807) is 29.2 Å². The van der Waals surface area contributed by atoms with Crippen molar-refractivity contribution in [2.75, 3.05) is 11.4 Å². The lowest BCUT2D eigenvalue weighted by Gasteiger charge is -2.18. The highest BCUT2D eigenvalue weighted by molar-refractivity contribution is 6.08. The van der Waals surface area contributed by atoms with E-state index in [2.05, 4.69) is 0 Å². The van der Waals surface area contributed by atoms with Gasteiger partial charge in [-0.05, 0) is 30.7 Å². The van der Waals surface area contributed by atoms with Crippen molar-refractivity contribution in [1.29, 1.82) is 0 Å². The molecule has 1 atom stereocenters. The van der Waals surface area contributed by atoms with Crippen molar-refractivity contribution in [3.63, 3.8) is 0 Å². The van der Waals surface area contributed by atoms with Gasteiger partial charge < -0.3 is 14.6 Å². The number of carboxylic acid groups (broad SMARTS) is 1. The van der Waals surface area contributed by atoms with Gasteiger partial charge in [-0.25, -0.2) is 0 Å². The Kier molecular flexibility index (Phi) is 3.05. The van der Waals surface area contributed by atoms with Crippen LogP contribution in [0.1, 0.15) is 27.7 Å². The third-order valence-electron chi connectivity index (χ3n) is 4.10. The van der Waals surface area contributed by atoms with Crippen molar-refractivity contribution >= 4 is 17.6 Å². The number of benzene rings is 1. The third-order valence-corrected chi connectivity index (χ3v) is 4.10. The average Bonchev–Trinajstić information content (AvgIpc) is 3.00. The van der Waals surface area contributed by atoms with Gasteiger partial charge in [0, 0.05) is 25.0 Å². The molecule has 1 N–H and O–H groups in total. The Hall–Kier alpha value is -2.56. The fraction of sp³-hybridized carbons (Fsp3) is 0.250. The number of aromatic nitrogens is 1. The number of aryl methyl sites for hydroxylation is 1. The summed E-state index contributed by atoms with van der Waals surface area (Å²) in [5.41, 5.74) is 2.94. The number of fused-ring (bicyclic) bond motifs is 1. The minimum atomic E-state index is -0.902. The minimum absolute atomic E-state index is 0.165. The summed E-state index contributed by atoms with van der Waals surface area (Å²) >= 11 is 0. The fourth-order valence-corrected chi connectivity index (χ4v) is 2.78. The quantitative estimate of drug-likeness (QED) is 0.919. The van der Waals surface area contributed by atoms with Crippen molar-refractivity contribution in [1.82, 2.24) is 4.57 Å². The van der Waals surface area contributed by atoms with Crippen LogP contribution in [0.25, 0.3) is 0 Å². The van der Waals surface area contributed by atoms with Crippen molar-refractivity contribution in [3.8, 4) is 0 Å². The van der Waals surface area contributed by atoms with Gasteiger partial charge in [0.15, 0.2) is 0 Å². The summed E-state index contributed by atoms with van der Waals surface area (Å²) in [4.78, 5) is 25.7. The molecule has 2 aromatic rings. The van der Waals surface area contributed by atoms with E-state index in [0.29, 0.717) is 16.9 Å². The smallest absolute Gasteiger partial charge is 0.312 e. The molecule has 1 aliphatic rings. The first-order valence-corrected chi connectivity index (χ1v) is 6.76. The molecule has 5 heteroatoms. The largest absolute Gasteiger partial charge is 0.481 e. The van der Waals surface area contributed by atoms with Crippen LogP contribution >= 0.6 is 0 Å². The van der Waals surface area contributed by atoms with E-state index in [9.17, 15) is 14.7 Å². The number of hydrogen-bond acceptors (Lipinski definition) is 2. The predicted molar refractivity (Wildman–Crippen MR) is 78.6 cm³/mol. The Morgan fingerprint density at radius 3 is 2.52 bits per heavy atom. The molecule has 0 saturated heterocycles. The molecule has 1 aromatic heterocycles. The Morgan fingerprint density at radius 1 is 1.19 bits per heavy atom. The van der Waals surface area contributed by atoms with Crippen molar-refractivity contribution in [2.24, 2.45) is 7.05 Å². The van der Waals surface area contributed by atoms with E-state index in [0.717, 1.165) is 5.69 Å². The molecule has 108 valence electrons. The number of rotatable bonds is 2. The Morgan fingerprint density at radius 2 is 1.90 bits per heavy atom. The Labute approximate surface area is 122 Å². The Balaban J connectivity index is 2.03. The molecule has 0 fully saturated rings. The number of nitrogens with zero attached hydrogens (tertiary/aromatic N) is 2. The van der Waals surface area contributed by atoms with Gasteiger partial charge in [-0.1, -0.05) is 18.2 Å². The first kappa shape index (κ1) is 13.4. The summed E-state index contributed by atoms with van der Waals surface area (Å²) in [6, 6.07) is 10.8. The molecule has 0 unspecified atom stereocenters. The molecule has 0 saturated carbocycles. The number of carboxylic acids is 1. The van der Waals surface area contributed by atoms with Crippen molar-refractivity contribution in [2.45, 2.75) is 12.8 Å². The highest BCUT2D eigenvalue weighted by atomic mass is 16.4. The van der Waals surface area contributed by atoms with E-state index in [1.165, 1.54) is 0 Å². The normalized spacial score (nSPS) is 16.9. The van der Waals surface area contributed by atoms with Crippen molar-refractivity contribution in [3.05, 3.63) is 53.3 Å². The van der Waals surface area contributed by atoms with Crippen LogP contribution in [-0.4, -0.2) is 28.1 Å². The molecule has 1 aromatic carbocycles. The van der Waals surface area contributed by atoms with E-state index < -0.39 is 11.9 Å². The predicted octanol–water partition coefficient (Wildman–Crippen LogP) is 2.16. The molecule has 5 nitrogen and oxygen atoms in total. The van der Waals surface area contributed by atoms with Crippen LogP contribution in [-0.2, 0) is 11.8 Å². The molecule has 0 aliphatic carbocycles. The van der Waals surface area contributed by atoms with E-state index in [-0.39, 0.29) is 12.5 Å². The number of aliphatic carboxylic acids is 1. The van der Waals surface area contributed by atoms with E-state index >= 15 is 0 Å². The zero-order valence-corrected chi connectivity index (χ0v) is 11.9. The van der Waals surface area contributed by atoms with Gasteiger partial charge in [-0.3, -0.25) is 9.59 Å². The third kappa shape index (κ3) is 2.01.